The molecular formula is C34H34N8O7S3. The van der Waals surface area contributed by atoms with Crippen LogP contribution in [0.1, 0.15) is 43.6 Å². The second-order valence-electron chi connectivity index (χ2n) is 11.9. The summed E-state index contributed by atoms with van der Waals surface area (Å²) in [5.74, 6) is -2.07. The fourth-order valence-corrected chi connectivity index (χ4v) is 7.33. The number of thiazole rings is 3. The zero-order valence-electron chi connectivity index (χ0n) is 28.1. The lowest BCUT2D eigenvalue weighted by Crippen LogP contribution is -2.53. The van der Waals surface area contributed by atoms with Crippen LogP contribution in [0.3, 0.4) is 0 Å². The van der Waals surface area contributed by atoms with E-state index in [0.717, 1.165) is 0 Å². The topological polar surface area (TPSA) is 232 Å². The van der Waals surface area contributed by atoms with Gasteiger partial charge < -0.3 is 35.4 Å². The van der Waals surface area contributed by atoms with Gasteiger partial charge in [0, 0.05) is 34.2 Å². The Hall–Kier alpha value is -5.14. The quantitative estimate of drug-likeness (QED) is 0.0932. The molecule has 0 bridgehead atoms. The van der Waals surface area contributed by atoms with Gasteiger partial charge >= 0.3 is 5.97 Å². The standard InChI is InChI=1S/C34H34N8O7S3/c1-4-16(2)25(28(44)36-17(3)34(46)47)41-29(45)26-27(18-8-6-5-7-9-18)49-30(42-26)21-13-50-32(38-21)22-15-52-33(40-22)23-14-51-31(39-23)20-12-48-24(37-20)10-19(35)11-43/h5-9,12-17,19,25,43H,4,10-11,35H2,1-3H3,(H,36,44)(H,41,45)(H,46,47)/t16-,17-,19-,25+/m0/s1. The van der Waals surface area contributed by atoms with Gasteiger partial charge in [-0.1, -0.05) is 50.6 Å². The van der Waals surface area contributed by atoms with Gasteiger partial charge in [-0.15, -0.1) is 34.0 Å². The summed E-state index contributed by atoms with van der Waals surface area (Å²) in [6.07, 6.45) is 2.36. The number of aromatic nitrogens is 5. The molecule has 6 N–H and O–H groups in total. The molecule has 270 valence electrons. The normalized spacial score (nSPS) is 13.7. The highest BCUT2D eigenvalue weighted by Gasteiger charge is 2.32. The monoisotopic (exact) mass is 762 g/mol. The van der Waals surface area contributed by atoms with E-state index in [1.807, 2.05) is 23.8 Å². The molecule has 15 nitrogen and oxygen atoms in total. The molecule has 6 rings (SSSR count). The Kier molecular flexibility index (Phi) is 11.3. The molecular weight excluding hydrogens is 729 g/mol. The van der Waals surface area contributed by atoms with Crippen molar-refractivity contribution < 1.29 is 33.4 Å². The van der Waals surface area contributed by atoms with Crippen LogP contribution in [0.5, 0.6) is 0 Å². The predicted octanol–water partition coefficient (Wildman–Crippen LogP) is 4.96. The van der Waals surface area contributed by atoms with Crippen LogP contribution in [-0.2, 0) is 16.0 Å². The summed E-state index contributed by atoms with van der Waals surface area (Å²) in [4.78, 5) is 61.3. The lowest BCUT2D eigenvalue weighted by atomic mass is 9.97. The van der Waals surface area contributed by atoms with Crippen LogP contribution in [0.4, 0.5) is 0 Å². The summed E-state index contributed by atoms with van der Waals surface area (Å²) in [5, 5.41) is 31.1. The molecule has 0 fully saturated rings. The number of carboxylic acid groups (broad SMARTS) is 1. The van der Waals surface area contributed by atoms with Gasteiger partial charge in [0.25, 0.3) is 5.91 Å². The number of nitrogens with zero attached hydrogens (tertiary/aromatic N) is 5. The van der Waals surface area contributed by atoms with Crippen molar-refractivity contribution in [3.8, 4) is 55.0 Å². The Morgan fingerprint density at radius 3 is 2.10 bits per heavy atom. The number of aliphatic carboxylic acids is 1. The smallest absolute Gasteiger partial charge is 0.325 e. The number of amides is 2. The number of rotatable bonds is 15. The van der Waals surface area contributed by atoms with Gasteiger partial charge in [-0.25, -0.2) is 24.9 Å². The number of aliphatic hydroxyl groups is 1. The second-order valence-corrected chi connectivity index (χ2v) is 14.4. The lowest BCUT2D eigenvalue weighted by Gasteiger charge is -2.24. The third-order valence-electron chi connectivity index (χ3n) is 8.00. The molecule has 0 saturated heterocycles. The number of oxazole rings is 2. The summed E-state index contributed by atoms with van der Waals surface area (Å²) >= 11 is 4.13. The minimum absolute atomic E-state index is 0.0473. The summed E-state index contributed by atoms with van der Waals surface area (Å²) in [6, 6.07) is 6.35. The van der Waals surface area contributed by atoms with E-state index in [1.54, 1.807) is 36.6 Å². The molecule has 5 heterocycles. The fraction of sp³-hybridized carbons (Fsp3) is 0.294. The number of benzene rings is 1. The van der Waals surface area contributed by atoms with Crippen molar-refractivity contribution in [3.05, 3.63) is 64.3 Å². The molecule has 0 spiro atoms. The van der Waals surface area contributed by atoms with Crippen molar-refractivity contribution in [2.24, 2.45) is 11.7 Å². The third-order valence-corrected chi connectivity index (χ3v) is 10.6. The van der Waals surface area contributed by atoms with Crippen LogP contribution in [0, 0.1) is 5.92 Å². The number of nitrogens with two attached hydrogens (primary N) is 1. The van der Waals surface area contributed by atoms with Gasteiger partial charge in [0.05, 0.1) is 6.61 Å². The first kappa shape index (κ1) is 36.6. The number of carbonyl (C=O) groups excluding carboxylic acids is 2. The van der Waals surface area contributed by atoms with E-state index in [0.29, 0.717) is 62.1 Å². The molecule has 2 amide bonds. The summed E-state index contributed by atoms with van der Waals surface area (Å²) in [7, 11) is 0. The van der Waals surface area contributed by atoms with Crippen LogP contribution in [0.15, 0.2) is 61.6 Å². The molecule has 18 heteroatoms. The second kappa shape index (κ2) is 16.0. The zero-order chi connectivity index (χ0) is 36.9. The number of carboxylic acids is 1. The van der Waals surface area contributed by atoms with E-state index < -0.39 is 35.9 Å². The Morgan fingerprint density at radius 1 is 0.865 bits per heavy atom. The van der Waals surface area contributed by atoms with Gasteiger partial charge in [-0.2, -0.15) is 0 Å². The molecule has 0 aliphatic heterocycles. The van der Waals surface area contributed by atoms with Gasteiger partial charge in [0.2, 0.25) is 11.8 Å². The number of hydrogen-bond donors (Lipinski definition) is 5. The average molecular weight is 763 g/mol. The predicted molar refractivity (Wildman–Crippen MR) is 195 cm³/mol. The SMILES string of the molecule is CC[C@H](C)[C@@H](NC(=O)c1nc(-c2csc(-c3csc(-c4csc(-c5coc(C[C@H](N)CO)n5)n4)n3)n2)oc1-c1ccccc1)C(=O)N[C@@H](C)C(=O)O. The summed E-state index contributed by atoms with van der Waals surface area (Å²) in [6.45, 7) is 4.84. The van der Waals surface area contributed by atoms with E-state index in [4.69, 9.17) is 24.5 Å². The Balaban J connectivity index is 1.23. The minimum atomic E-state index is -1.19. The van der Waals surface area contributed by atoms with Crippen LogP contribution < -0.4 is 16.4 Å². The summed E-state index contributed by atoms with van der Waals surface area (Å²) in [5.41, 5.74) is 8.58. The molecule has 52 heavy (non-hydrogen) atoms. The van der Waals surface area contributed by atoms with Crippen molar-refractivity contribution in [1.82, 2.24) is 35.6 Å². The molecule has 6 aromatic rings. The highest BCUT2D eigenvalue weighted by molar-refractivity contribution is 7.16. The van der Waals surface area contributed by atoms with E-state index >= 15 is 0 Å². The summed E-state index contributed by atoms with van der Waals surface area (Å²) < 4.78 is 11.7. The Labute approximate surface area is 309 Å². The number of nitrogens with one attached hydrogen (secondary N) is 2. The number of hydrogen-bond acceptors (Lipinski definition) is 15. The maximum Gasteiger partial charge on any atom is 0.325 e. The molecule has 0 aliphatic carbocycles. The molecule has 5 aromatic heterocycles. The van der Waals surface area contributed by atoms with Crippen LogP contribution >= 0.6 is 34.0 Å². The Bertz CT molecular complexity index is 2170. The van der Waals surface area contributed by atoms with E-state index in [2.05, 4.69) is 25.6 Å². The molecule has 0 radical (unpaired) electrons. The number of aliphatic hydroxyl groups excluding tert-OH is 1. The highest BCUT2D eigenvalue weighted by Crippen LogP contribution is 2.36. The zero-order valence-corrected chi connectivity index (χ0v) is 30.6. The van der Waals surface area contributed by atoms with Crippen molar-refractivity contribution >= 4 is 51.8 Å². The molecule has 0 saturated carbocycles. The maximum atomic E-state index is 13.8. The first-order valence-corrected chi connectivity index (χ1v) is 18.8. The first-order chi connectivity index (χ1) is 25.0. The lowest BCUT2D eigenvalue weighted by molar-refractivity contribution is -0.141. The van der Waals surface area contributed by atoms with Crippen LogP contribution in [-0.4, -0.2) is 77.6 Å². The molecule has 1 aromatic carbocycles. The van der Waals surface area contributed by atoms with Crippen LogP contribution in [0.2, 0.25) is 0 Å². The van der Waals surface area contributed by atoms with E-state index in [9.17, 15) is 24.6 Å². The van der Waals surface area contributed by atoms with Crippen LogP contribution in [0.25, 0.3) is 55.0 Å². The minimum Gasteiger partial charge on any atom is -0.480 e. The van der Waals surface area contributed by atoms with Crippen molar-refractivity contribution in [2.45, 2.75) is 51.7 Å². The number of carbonyl (C=O) groups is 3. The van der Waals surface area contributed by atoms with E-state index in [-0.39, 0.29) is 29.9 Å². The Morgan fingerprint density at radius 2 is 1.48 bits per heavy atom. The largest absolute Gasteiger partial charge is 0.480 e. The average Bonchev–Trinajstić information content (AvgIpc) is 3.99. The maximum absolute atomic E-state index is 13.8. The molecule has 0 aliphatic rings. The van der Waals surface area contributed by atoms with Gasteiger partial charge in [-0.3, -0.25) is 14.4 Å². The van der Waals surface area contributed by atoms with Crippen molar-refractivity contribution in [3.63, 3.8) is 0 Å². The van der Waals surface area contributed by atoms with E-state index in [1.165, 1.54) is 47.2 Å². The van der Waals surface area contributed by atoms with Gasteiger partial charge in [-0.05, 0) is 12.8 Å². The highest BCUT2D eigenvalue weighted by atomic mass is 32.1. The van der Waals surface area contributed by atoms with Crippen molar-refractivity contribution in [2.75, 3.05) is 6.61 Å². The fourth-order valence-electron chi connectivity index (χ4n) is 4.91. The first-order valence-electron chi connectivity index (χ1n) is 16.1. The third kappa shape index (κ3) is 8.16. The molecule has 0 unspecified atom stereocenters. The molecule has 4 atom stereocenters. The van der Waals surface area contributed by atoms with Gasteiger partial charge in [0.15, 0.2) is 17.3 Å². The van der Waals surface area contributed by atoms with Gasteiger partial charge in [0.1, 0.15) is 56.1 Å². The van der Waals surface area contributed by atoms with Crippen molar-refractivity contribution in [1.29, 1.82) is 0 Å².